The normalized spacial score (nSPS) is 12.3. The monoisotopic (exact) mass is 299 g/mol. The highest BCUT2D eigenvalue weighted by atomic mass is 16.3. The first-order chi connectivity index (χ1) is 10.1. The summed E-state index contributed by atoms with van der Waals surface area (Å²) in [5.41, 5.74) is 3.33. The van der Waals surface area contributed by atoms with Crippen molar-refractivity contribution >= 4 is 11.4 Å². The molecule has 0 radical (unpaired) electrons. The predicted octanol–water partition coefficient (Wildman–Crippen LogP) is 4.52. The number of nitrogens with zero attached hydrogens (tertiary/aromatic N) is 2. The molecular weight excluding hydrogens is 274 g/mol. The van der Waals surface area contributed by atoms with Gasteiger partial charge in [-0.2, -0.15) is 0 Å². The zero-order chi connectivity index (χ0) is 16.5. The van der Waals surface area contributed by atoms with Crippen LogP contribution >= 0.6 is 0 Å². The molecule has 4 nitrogen and oxygen atoms in total. The van der Waals surface area contributed by atoms with Gasteiger partial charge >= 0.3 is 0 Å². The number of rotatable bonds is 2. The van der Waals surface area contributed by atoms with E-state index in [1.807, 2.05) is 12.1 Å². The molecule has 0 saturated heterocycles. The molecule has 2 aromatic rings. The highest BCUT2D eigenvalue weighted by Gasteiger charge is 2.26. The highest BCUT2D eigenvalue weighted by molar-refractivity contribution is 5.64. The van der Waals surface area contributed by atoms with Crippen LogP contribution in [0.2, 0.25) is 0 Å². The lowest BCUT2D eigenvalue weighted by atomic mass is 9.79. The first-order valence-electron chi connectivity index (χ1n) is 7.49. The molecule has 0 bridgehead atoms. The molecule has 0 amide bonds. The predicted molar refractivity (Wildman–Crippen MR) is 90.8 cm³/mol. The van der Waals surface area contributed by atoms with Gasteiger partial charge in [-0.05, 0) is 23.0 Å². The third kappa shape index (κ3) is 3.56. The van der Waals surface area contributed by atoms with E-state index in [1.54, 1.807) is 12.4 Å². The minimum absolute atomic E-state index is 0.144. The van der Waals surface area contributed by atoms with Crippen molar-refractivity contribution in [1.82, 2.24) is 9.97 Å². The van der Waals surface area contributed by atoms with Crippen LogP contribution in [0.4, 0.5) is 11.4 Å². The Bertz CT molecular complexity index is 617. The molecule has 0 unspecified atom stereocenters. The lowest BCUT2D eigenvalue weighted by Crippen LogP contribution is -2.17. The van der Waals surface area contributed by atoms with Gasteiger partial charge in [0.15, 0.2) is 0 Å². The lowest BCUT2D eigenvalue weighted by molar-refractivity contribution is 0.423. The smallest absolute Gasteiger partial charge is 0.123 e. The molecule has 1 aromatic heterocycles. The summed E-state index contributed by atoms with van der Waals surface area (Å²) in [6.07, 6.45) is 4.96. The SMILES string of the molecule is CC(C)(C)c1cc(Nc2cncnc2)cc(C(C)(C)C)c1O. The quantitative estimate of drug-likeness (QED) is 0.800. The van der Waals surface area contributed by atoms with Gasteiger partial charge in [0.2, 0.25) is 0 Å². The van der Waals surface area contributed by atoms with E-state index < -0.39 is 0 Å². The second kappa shape index (κ2) is 5.59. The van der Waals surface area contributed by atoms with Gasteiger partial charge in [0.25, 0.3) is 0 Å². The third-order valence-corrected chi connectivity index (χ3v) is 3.58. The zero-order valence-electron chi connectivity index (χ0n) is 14.2. The minimum atomic E-state index is -0.144. The molecule has 4 heteroatoms. The van der Waals surface area contributed by atoms with Crippen molar-refractivity contribution in [3.8, 4) is 5.75 Å². The molecule has 2 rings (SSSR count). The van der Waals surface area contributed by atoms with Gasteiger partial charge in [0.05, 0.1) is 18.1 Å². The van der Waals surface area contributed by atoms with E-state index in [9.17, 15) is 5.11 Å². The molecule has 0 aliphatic carbocycles. The summed E-state index contributed by atoms with van der Waals surface area (Å²) in [5, 5.41) is 14.0. The molecule has 0 spiro atoms. The second-order valence-corrected chi connectivity index (χ2v) is 7.67. The van der Waals surface area contributed by atoms with Gasteiger partial charge in [0.1, 0.15) is 12.1 Å². The number of nitrogens with one attached hydrogen (secondary N) is 1. The van der Waals surface area contributed by atoms with Crippen LogP contribution in [0.1, 0.15) is 52.7 Å². The molecule has 22 heavy (non-hydrogen) atoms. The summed E-state index contributed by atoms with van der Waals surface area (Å²) in [5.74, 6) is 0.384. The summed E-state index contributed by atoms with van der Waals surface area (Å²) in [7, 11) is 0. The summed E-state index contributed by atoms with van der Waals surface area (Å²) >= 11 is 0. The van der Waals surface area contributed by atoms with Crippen LogP contribution in [0.5, 0.6) is 5.75 Å². The first kappa shape index (κ1) is 16.3. The van der Waals surface area contributed by atoms with Crippen molar-refractivity contribution in [2.45, 2.75) is 52.4 Å². The first-order valence-corrected chi connectivity index (χ1v) is 7.49. The van der Waals surface area contributed by atoms with Gasteiger partial charge in [-0.15, -0.1) is 0 Å². The van der Waals surface area contributed by atoms with Gasteiger partial charge in [-0.1, -0.05) is 41.5 Å². The van der Waals surface area contributed by atoms with E-state index in [0.717, 1.165) is 22.5 Å². The number of aromatic nitrogens is 2. The average Bonchev–Trinajstić information content (AvgIpc) is 2.39. The largest absolute Gasteiger partial charge is 0.507 e. The van der Waals surface area contributed by atoms with E-state index in [4.69, 9.17) is 0 Å². The molecule has 1 aromatic carbocycles. The Morgan fingerprint density at radius 3 is 1.68 bits per heavy atom. The van der Waals surface area contributed by atoms with E-state index >= 15 is 0 Å². The van der Waals surface area contributed by atoms with Gasteiger partial charge in [-0.25, -0.2) is 9.97 Å². The molecule has 0 atom stereocenters. The molecule has 0 aliphatic heterocycles. The van der Waals surface area contributed by atoms with Crippen LogP contribution in [0.25, 0.3) is 0 Å². The number of aromatic hydroxyl groups is 1. The maximum absolute atomic E-state index is 10.7. The van der Waals surface area contributed by atoms with Crippen LogP contribution in [-0.4, -0.2) is 15.1 Å². The van der Waals surface area contributed by atoms with Crippen LogP contribution in [0, 0.1) is 0 Å². The fraction of sp³-hybridized carbons (Fsp3) is 0.444. The number of hydrogen-bond donors (Lipinski definition) is 2. The summed E-state index contributed by atoms with van der Waals surface area (Å²) < 4.78 is 0. The van der Waals surface area contributed by atoms with Crippen LogP contribution in [0.15, 0.2) is 30.9 Å². The maximum Gasteiger partial charge on any atom is 0.123 e. The van der Waals surface area contributed by atoms with Gasteiger partial charge < -0.3 is 10.4 Å². The Balaban J connectivity index is 2.56. The number of phenols is 1. The van der Waals surface area contributed by atoms with Crippen molar-refractivity contribution in [3.63, 3.8) is 0 Å². The van der Waals surface area contributed by atoms with Crippen molar-refractivity contribution in [1.29, 1.82) is 0 Å². The number of hydrogen-bond acceptors (Lipinski definition) is 4. The minimum Gasteiger partial charge on any atom is -0.507 e. The molecule has 0 saturated carbocycles. The van der Waals surface area contributed by atoms with Gasteiger partial charge in [-0.3, -0.25) is 0 Å². The number of phenolic OH excluding ortho intramolecular Hbond substituents is 1. The van der Waals surface area contributed by atoms with Crippen LogP contribution in [0.3, 0.4) is 0 Å². The topological polar surface area (TPSA) is 58.0 Å². The Morgan fingerprint density at radius 1 is 0.818 bits per heavy atom. The summed E-state index contributed by atoms with van der Waals surface area (Å²) in [6, 6.07) is 4.00. The Labute approximate surface area is 132 Å². The van der Waals surface area contributed by atoms with E-state index in [1.165, 1.54) is 6.33 Å². The van der Waals surface area contributed by atoms with Crippen molar-refractivity contribution in [2.24, 2.45) is 0 Å². The zero-order valence-corrected chi connectivity index (χ0v) is 14.2. The summed E-state index contributed by atoms with van der Waals surface area (Å²) in [4.78, 5) is 8.04. The fourth-order valence-electron chi connectivity index (χ4n) is 2.38. The van der Waals surface area contributed by atoms with Crippen LogP contribution < -0.4 is 5.32 Å². The lowest BCUT2D eigenvalue weighted by Gasteiger charge is -2.28. The van der Waals surface area contributed by atoms with Crippen molar-refractivity contribution in [3.05, 3.63) is 42.0 Å². The second-order valence-electron chi connectivity index (χ2n) is 7.67. The van der Waals surface area contributed by atoms with Gasteiger partial charge in [0, 0.05) is 16.8 Å². The maximum atomic E-state index is 10.7. The average molecular weight is 299 g/mol. The molecule has 0 fully saturated rings. The standard InChI is InChI=1S/C18H25N3O/c1-17(2,3)14-7-12(21-13-9-19-11-20-10-13)8-15(16(14)22)18(4,5)6/h7-11,21-22H,1-6H3. The number of benzene rings is 1. The van der Waals surface area contributed by atoms with Crippen LogP contribution in [-0.2, 0) is 10.8 Å². The van der Waals surface area contributed by atoms with Crippen molar-refractivity contribution in [2.75, 3.05) is 5.32 Å². The molecule has 1 heterocycles. The fourth-order valence-corrected chi connectivity index (χ4v) is 2.38. The highest BCUT2D eigenvalue weighted by Crippen LogP contribution is 2.41. The Hall–Kier alpha value is -2.10. The molecule has 2 N–H and O–H groups in total. The van der Waals surface area contributed by atoms with Crippen molar-refractivity contribution < 1.29 is 5.11 Å². The van der Waals surface area contributed by atoms with E-state index in [0.29, 0.717) is 5.75 Å². The number of anilines is 2. The van der Waals surface area contributed by atoms with E-state index in [-0.39, 0.29) is 10.8 Å². The Kier molecular flexibility index (Phi) is 4.14. The molecular formula is C18H25N3O. The molecule has 0 aliphatic rings. The third-order valence-electron chi connectivity index (χ3n) is 3.58. The van der Waals surface area contributed by atoms with E-state index in [2.05, 4.69) is 56.8 Å². The summed E-state index contributed by atoms with van der Waals surface area (Å²) in [6.45, 7) is 12.6. The molecule has 118 valence electrons. The Morgan fingerprint density at radius 2 is 1.27 bits per heavy atom.